The van der Waals surface area contributed by atoms with Crippen LogP contribution in [0.25, 0.3) is 0 Å². The lowest BCUT2D eigenvalue weighted by Gasteiger charge is -2.35. The van der Waals surface area contributed by atoms with Gasteiger partial charge in [0.15, 0.2) is 0 Å². The molecule has 2 fully saturated rings. The van der Waals surface area contributed by atoms with Crippen LogP contribution in [0.15, 0.2) is 12.4 Å². The van der Waals surface area contributed by atoms with Crippen LogP contribution in [0.3, 0.4) is 0 Å². The van der Waals surface area contributed by atoms with Gasteiger partial charge < -0.3 is 23.8 Å². The molecule has 29 heavy (non-hydrogen) atoms. The molecular weight excluding hydrogens is 371 g/mol. The predicted molar refractivity (Wildman–Crippen MR) is 112 cm³/mol. The van der Waals surface area contributed by atoms with Crippen molar-refractivity contribution in [1.82, 2.24) is 14.9 Å². The van der Waals surface area contributed by atoms with E-state index < -0.39 is 5.60 Å². The quantitative estimate of drug-likeness (QED) is 0.717. The molecule has 0 unspecified atom stereocenters. The van der Waals surface area contributed by atoms with Crippen molar-refractivity contribution in [1.29, 1.82) is 0 Å². The molecule has 0 atom stereocenters. The van der Waals surface area contributed by atoms with E-state index in [2.05, 4.69) is 14.9 Å². The largest absolute Gasteiger partial charge is 0.462 e. The minimum atomic E-state index is -0.482. The summed E-state index contributed by atoms with van der Waals surface area (Å²) in [5.74, 6) is 0.673. The first-order valence-electron chi connectivity index (χ1n) is 10.3. The van der Waals surface area contributed by atoms with Crippen LogP contribution in [0, 0.1) is 0 Å². The maximum absolute atomic E-state index is 12.2. The number of rotatable bonds is 3. The molecule has 0 spiro atoms. The Kier molecular flexibility index (Phi) is 5.84. The Labute approximate surface area is 174 Å². The van der Waals surface area contributed by atoms with Gasteiger partial charge in [-0.15, -0.1) is 0 Å². The molecule has 0 bridgehead atoms. The Morgan fingerprint density at radius 1 is 1.07 bits per heavy atom. The van der Waals surface area contributed by atoms with Crippen molar-refractivity contribution in [3.63, 3.8) is 0 Å². The number of anilines is 1. The summed E-state index contributed by atoms with van der Waals surface area (Å²) >= 11 is 0. The van der Waals surface area contributed by atoms with E-state index in [1.807, 2.05) is 60.9 Å². The Morgan fingerprint density at radius 3 is 2.07 bits per heavy atom. The number of carbonyl (C=O) groups excluding carboxylic acids is 1. The number of hydrogen-bond acceptors (Lipinski definition) is 7. The second-order valence-electron chi connectivity index (χ2n) is 9.74. The Morgan fingerprint density at radius 2 is 1.59 bits per heavy atom. The molecule has 2 saturated heterocycles. The third-order valence-electron chi connectivity index (χ3n) is 5.61. The van der Waals surface area contributed by atoms with Crippen LogP contribution < -0.4 is 4.90 Å². The first-order valence-corrected chi connectivity index (χ1v) is 10.3. The van der Waals surface area contributed by atoms with Crippen LogP contribution >= 0.6 is 0 Å². The van der Waals surface area contributed by atoms with Crippen molar-refractivity contribution in [2.24, 2.45) is 0 Å². The van der Waals surface area contributed by atoms with Gasteiger partial charge in [0.2, 0.25) is 5.95 Å². The van der Waals surface area contributed by atoms with E-state index in [0.717, 1.165) is 5.56 Å². The third kappa shape index (κ3) is 5.19. The monoisotopic (exact) mass is 404 g/mol. The molecule has 3 heterocycles. The Bertz CT molecular complexity index is 709. The van der Waals surface area contributed by atoms with Crippen molar-refractivity contribution in [3.05, 3.63) is 18.0 Å². The molecule has 0 aliphatic carbocycles. The van der Waals surface area contributed by atoms with E-state index in [9.17, 15) is 4.79 Å². The van der Waals surface area contributed by atoms with E-state index >= 15 is 0 Å². The number of carbonyl (C=O) groups is 1. The molecule has 0 aromatic carbocycles. The summed E-state index contributed by atoms with van der Waals surface area (Å²) < 4.78 is 17.5. The van der Waals surface area contributed by atoms with Crippen LogP contribution in [-0.4, -0.2) is 71.1 Å². The fourth-order valence-electron chi connectivity index (χ4n) is 3.27. The van der Waals surface area contributed by atoms with Gasteiger partial charge in [-0.3, -0.25) is 0 Å². The van der Waals surface area contributed by atoms with Crippen molar-refractivity contribution in [3.8, 4) is 0 Å². The molecule has 0 saturated carbocycles. The summed E-state index contributed by atoms with van der Waals surface area (Å²) in [5, 5.41) is 0. The van der Waals surface area contributed by atoms with E-state index in [4.69, 9.17) is 14.0 Å². The van der Waals surface area contributed by atoms with Crippen molar-refractivity contribution < 1.29 is 18.8 Å². The Hall–Kier alpha value is -1.87. The maximum Gasteiger partial charge on any atom is 0.462 e. The highest BCUT2D eigenvalue weighted by Crippen LogP contribution is 2.37. The van der Waals surface area contributed by atoms with Crippen molar-refractivity contribution >= 4 is 19.2 Å². The van der Waals surface area contributed by atoms with Gasteiger partial charge in [0.1, 0.15) is 5.60 Å². The van der Waals surface area contributed by atoms with E-state index in [1.165, 1.54) is 0 Å². The normalized spacial score (nSPS) is 21.4. The molecule has 2 aliphatic heterocycles. The summed E-state index contributed by atoms with van der Waals surface area (Å²) in [4.78, 5) is 25.0. The molecule has 0 N–H and O–H groups in total. The summed E-state index contributed by atoms with van der Waals surface area (Å²) in [6.07, 6.45) is 4.00. The average molecular weight is 404 g/mol. The molecule has 9 heteroatoms. The minimum absolute atomic E-state index is 0.268. The number of nitrogens with zero attached hydrogens (tertiary/aromatic N) is 4. The summed E-state index contributed by atoms with van der Waals surface area (Å²) in [5.41, 5.74) is -0.192. The SMILES string of the molecule is CC(C)(C)OC(=O)N1CCN(c2ncc(CB3OC(C)(C)C(C)(C)O3)cn2)CC1. The van der Waals surface area contributed by atoms with E-state index in [0.29, 0.717) is 38.4 Å². The maximum atomic E-state index is 12.2. The van der Waals surface area contributed by atoms with E-state index in [1.54, 1.807) is 4.90 Å². The van der Waals surface area contributed by atoms with Crippen LogP contribution in [0.4, 0.5) is 10.7 Å². The number of piperazine rings is 1. The molecule has 3 rings (SSSR count). The lowest BCUT2D eigenvalue weighted by molar-refractivity contribution is 0.00578. The van der Waals surface area contributed by atoms with Crippen molar-refractivity contribution in [2.75, 3.05) is 31.1 Å². The molecule has 2 aliphatic rings. The highest BCUT2D eigenvalue weighted by Gasteiger charge is 2.50. The standard InChI is InChI=1S/C20H33BN4O4/c1-18(2,3)27-17(26)25-10-8-24(9-11-25)16-22-13-15(14-23-16)12-21-28-19(4,5)20(6,7)29-21/h13-14H,8-12H2,1-7H3. The molecule has 160 valence electrons. The minimum Gasteiger partial charge on any atom is -0.444 e. The highest BCUT2D eigenvalue weighted by atomic mass is 16.7. The van der Waals surface area contributed by atoms with Gasteiger partial charge in [0, 0.05) is 44.9 Å². The second kappa shape index (κ2) is 7.76. The molecular formula is C20H33BN4O4. The number of amides is 1. The summed E-state index contributed by atoms with van der Waals surface area (Å²) in [7, 11) is -0.299. The lowest BCUT2D eigenvalue weighted by atomic mass is 9.82. The van der Waals surface area contributed by atoms with Gasteiger partial charge in [-0.1, -0.05) is 0 Å². The smallest absolute Gasteiger partial charge is 0.444 e. The third-order valence-corrected chi connectivity index (χ3v) is 5.61. The number of ether oxygens (including phenoxy) is 1. The highest BCUT2D eigenvalue weighted by molar-refractivity contribution is 6.45. The summed E-state index contributed by atoms with van der Waals surface area (Å²) in [6, 6.07) is 0. The fraction of sp³-hybridized carbons (Fsp3) is 0.750. The first kappa shape index (κ1) is 21.8. The molecule has 1 amide bonds. The molecule has 1 aromatic heterocycles. The zero-order valence-corrected chi connectivity index (χ0v) is 18.7. The van der Waals surface area contributed by atoms with Gasteiger partial charge in [-0.05, 0) is 54.0 Å². The fourth-order valence-corrected chi connectivity index (χ4v) is 3.27. The summed E-state index contributed by atoms with van der Waals surface area (Å²) in [6.45, 7) is 16.3. The molecule has 1 aromatic rings. The topological polar surface area (TPSA) is 77.0 Å². The van der Waals surface area contributed by atoms with E-state index in [-0.39, 0.29) is 24.4 Å². The number of aromatic nitrogens is 2. The zero-order chi connectivity index (χ0) is 21.4. The van der Waals surface area contributed by atoms with Gasteiger partial charge in [-0.2, -0.15) is 0 Å². The first-order chi connectivity index (χ1) is 13.4. The van der Waals surface area contributed by atoms with Crippen LogP contribution in [-0.2, 0) is 20.4 Å². The van der Waals surface area contributed by atoms with Crippen LogP contribution in [0.1, 0.15) is 54.0 Å². The molecule has 0 radical (unpaired) electrons. The van der Waals surface area contributed by atoms with Crippen molar-refractivity contribution in [2.45, 2.75) is 71.6 Å². The zero-order valence-electron chi connectivity index (χ0n) is 18.7. The lowest BCUT2D eigenvalue weighted by Crippen LogP contribution is -2.50. The molecule has 8 nitrogen and oxygen atoms in total. The predicted octanol–water partition coefficient (Wildman–Crippen LogP) is 2.71. The van der Waals surface area contributed by atoms with Gasteiger partial charge >= 0.3 is 13.2 Å². The average Bonchev–Trinajstić information content (AvgIpc) is 2.80. The van der Waals surface area contributed by atoms with Crippen LogP contribution in [0.2, 0.25) is 0 Å². The number of hydrogen-bond donors (Lipinski definition) is 0. The Balaban J connectivity index is 1.52. The van der Waals surface area contributed by atoms with Gasteiger partial charge in [-0.25, -0.2) is 14.8 Å². The second-order valence-corrected chi connectivity index (χ2v) is 9.74. The van der Waals surface area contributed by atoms with Crippen LogP contribution in [0.5, 0.6) is 0 Å². The van der Waals surface area contributed by atoms with Gasteiger partial charge in [0.05, 0.1) is 11.2 Å². The van der Waals surface area contributed by atoms with Gasteiger partial charge in [0.25, 0.3) is 0 Å².